The molecule has 1 aliphatic heterocycles. The molecular formula is C31H32ClNO6S. The van der Waals surface area contributed by atoms with E-state index in [1.165, 1.54) is 17.7 Å². The van der Waals surface area contributed by atoms with E-state index < -0.39 is 25.9 Å². The summed E-state index contributed by atoms with van der Waals surface area (Å²) in [6.45, 7) is 4.28. The fourth-order valence-electron chi connectivity index (χ4n) is 4.45. The summed E-state index contributed by atoms with van der Waals surface area (Å²) in [5.74, 6) is 0. The van der Waals surface area contributed by atoms with E-state index >= 15 is 0 Å². The normalized spacial score (nSPS) is 15.5. The number of unbranched alkanes of at least 4 members (excludes halogenated alkanes) is 2. The lowest BCUT2D eigenvalue weighted by molar-refractivity contribution is -1.91. The van der Waals surface area contributed by atoms with Crippen LogP contribution >= 0.6 is 10.8 Å². The maximum absolute atomic E-state index is 11.9. The summed E-state index contributed by atoms with van der Waals surface area (Å²) in [4.78, 5) is 11.7. The van der Waals surface area contributed by atoms with Crippen LogP contribution in [0.15, 0.2) is 84.9 Å². The molecule has 0 aliphatic carbocycles. The largest absolute Gasteiger partial charge is 0.269 e. The lowest BCUT2D eigenvalue weighted by atomic mass is 9.98. The molecule has 3 aromatic carbocycles. The van der Waals surface area contributed by atoms with Crippen LogP contribution in [0.25, 0.3) is 10.5 Å². The van der Waals surface area contributed by atoms with Crippen molar-refractivity contribution in [2.45, 2.75) is 52.4 Å². The molecule has 0 saturated heterocycles. The summed E-state index contributed by atoms with van der Waals surface area (Å²) < 4.78 is 40.9. The monoisotopic (exact) mass is 581 g/mol. The van der Waals surface area contributed by atoms with Gasteiger partial charge in [-0.3, -0.25) is 10.1 Å². The molecule has 7 nitrogen and oxygen atoms in total. The van der Waals surface area contributed by atoms with Crippen molar-refractivity contribution in [3.05, 3.63) is 123 Å². The van der Waals surface area contributed by atoms with E-state index in [9.17, 15) is 24.1 Å². The van der Waals surface area contributed by atoms with Crippen LogP contribution in [-0.4, -0.2) is 9.79 Å². The number of nitrogens with zero attached hydrogens (tertiary/aromatic N) is 1. The highest BCUT2D eigenvalue weighted by molar-refractivity contribution is 8.20. The third kappa shape index (κ3) is 7.75. The highest BCUT2D eigenvalue weighted by Gasteiger charge is 2.32. The van der Waals surface area contributed by atoms with Gasteiger partial charge in [0.05, 0.1) is 24.9 Å². The molecule has 1 unspecified atom stereocenters. The zero-order valence-corrected chi connectivity index (χ0v) is 24.1. The maximum atomic E-state index is 11.9. The van der Waals surface area contributed by atoms with Crippen LogP contribution in [0, 0.1) is 20.4 Å². The Balaban J connectivity index is 1.87. The van der Waals surface area contributed by atoms with Gasteiger partial charge in [-0.05, 0) is 83.4 Å². The van der Waals surface area contributed by atoms with Gasteiger partial charge in [-0.2, -0.15) is 14.0 Å². The molecule has 40 heavy (non-hydrogen) atoms. The second-order valence-electron chi connectivity index (χ2n) is 9.59. The molecule has 3 aromatic rings. The first-order chi connectivity index (χ1) is 19.2. The molecule has 0 radical (unpaired) electrons. The molecule has 0 N–H and O–H groups in total. The Morgan fingerprint density at radius 1 is 0.725 bits per heavy atom. The van der Waals surface area contributed by atoms with E-state index in [1.54, 1.807) is 18.2 Å². The number of hydrogen-bond acceptors (Lipinski definition) is 6. The predicted molar refractivity (Wildman–Crippen MR) is 152 cm³/mol. The minimum Gasteiger partial charge on any atom is -0.258 e. The van der Waals surface area contributed by atoms with Gasteiger partial charge in [-0.1, -0.05) is 75.2 Å². The molecule has 0 bridgehead atoms. The van der Waals surface area contributed by atoms with Crippen molar-refractivity contribution in [2.75, 3.05) is 0 Å². The molecule has 1 atom stereocenters. The molecule has 1 heterocycles. The zero-order chi connectivity index (χ0) is 28.7. The first-order valence-electron chi connectivity index (χ1n) is 13.3. The highest BCUT2D eigenvalue weighted by atomic mass is 35.7. The number of aryl methyl sites for hydroxylation is 2. The number of allylic oxidation sites excluding steroid dienone is 3. The van der Waals surface area contributed by atoms with Crippen molar-refractivity contribution in [1.29, 1.82) is 0 Å². The molecule has 4 rings (SSSR count). The molecular weight excluding hydrogens is 550 g/mol. The van der Waals surface area contributed by atoms with E-state index in [0.717, 1.165) is 60.8 Å². The van der Waals surface area contributed by atoms with E-state index in [1.807, 2.05) is 42.5 Å². The van der Waals surface area contributed by atoms with Gasteiger partial charge in [-0.25, -0.2) is 0 Å². The fraction of sp³-hybridized carbons (Fsp3) is 0.258. The third-order valence-electron chi connectivity index (χ3n) is 6.64. The summed E-state index contributed by atoms with van der Waals surface area (Å²) in [7, 11) is -6.37. The maximum Gasteiger partial charge on any atom is 0.269 e. The molecule has 1 aliphatic rings. The van der Waals surface area contributed by atoms with Gasteiger partial charge in [0.25, 0.3) is 5.69 Å². The van der Waals surface area contributed by atoms with Crippen LogP contribution in [0.2, 0.25) is 0 Å². The van der Waals surface area contributed by atoms with E-state index in [-0.39, 0.29) is 5.69 Å². The van der Waals surface area contributed by atoms with Crippen molar-refractivity contribution in [3.8, 4) is 0 Å². The summed E-state index contributed by atoms with van der Waals surface area (Å²) in [5.41, 5.74) is 5.28. The lowest BCUT2D eigenvalue weighted by Gasteiger charge is -2.22. The van der Waals surface area contributed by atoms with Crippen LogP contribution in [0.5, 0.6) is 0 Å². The summed E-state index contributed by atoms with van der Waals surface area (Å²) >= 11 is 0. The first kappa shape index (κ1) is 29.9. The SMILES string of the molecule is CCCCc1ccc(C2=CC(c3ccc([N+](=O)[O-])cc3)=S(O[Cl+3]([O-])([O-])[O-])C(c3ccc(CCCC)cc3)=C2)cc1. The second-order valence-corrected chi connectivity index (χ2v) is 12.3. The van der Waals surface area contributed by atoms with Crippen molar-refractivity contribution in [1.82, 2.24) is 0 Å². The van der Waals surface area contributed by atoms with Crippen LogP contribution < -0.4 is 14.0 Å². The Hall–Kier alpha value is -3.11. The Bertz CT molecular complexity index is 1420. The average Bonchev–Trinajstić information content (AvgIpc) is 2.95. The third-order valence-corrected chi connectivity index (χ3v) is 9.27. The molecule has 0 aromatic heterocycles. The number of hydrogen-bond donors (Lipinski definition) is 0. The molecule has 0 saturated carbocycles. The van der Waals surface area contributed by atoms with Crippen molar-refractivity contribution in [3.63, 3.8) is 0 Å². The van der Waals surface area contributed by atoms with Gasteiger partial charge in [0.1, 0.15) is 14.5 Å². The quantitative estimate of drug-likeness (QED) is 0.168. The number of non-ortho nitro benzene ring substituents is 1. The van der Waals surface area contributed by atoms with Crippen molar-refractivity contribution < 1.29 is 32.9 Å². The van der Waals surface area contributed by atoms with Crippen LogP contribution in [-0.2, 0) is 16.6 Å². The van der Waals surface area contributed by atoms with E-state index in [2.05, 4.69) is 26.0 Å². The van der Waals surface area contributed by atoms with Crippen LogP contribution in [0.4, 0.5) is 5.69 Å². The standard InChI is InChI=1S/C31H32ClNO6S/c1-3-5-7-23-9-13-25(14-10-23)28-21-30(26-15-11-24(12-16-26)8-6-4-2)40(39-32(34,35)36)31(22-28)27-17-19-29(20-18-27)33(37)38/h9-22H,3-8H2,1-2H3. The number of halogens is 1. The number of benzene rings is 3. The van der Waals surface area contributed by atoms with Gasteiger partial charge in [-0.15, -0.1) is 0 Å². The molecule has 0 amide bonds. The molecule has 0 spiro atoms. The summed E-state index contributed by atoms with van der Waals surface area (Å²) in [5, 5.41) is 11.2. The first-order valence-corrected chi connectivity index (χ1v) is 15.7. The van der Waals surface area contributed by atoms with Gasteiger partial charge in [0.15, 0.2) is 0 Å². The van der Waals surface area contributed by atoms with E-state index in [4.69, 9.17) is 3.74 Å². The molecule has 210 valence electrons. The summed E-state index contributed by atoms with van der Waals surface area (Å²) in [6.07, 6.45) is 9.91. The fourth-order valence-corrected chi connectivity index (χ4v) is 7.02. The van der Waals surface area contributed by atoms with Gasteiger partial charge in [0, 0.05) is 12.1 Å². The van der Waals surface area contributed by atoms with Crippen LogP contribution in [0.1, 0.15) is 67.3 Å². The Kier molecular flexibility index (Phi) is 10.1. The minimum atomic E-state index is -4.77. The number of nitro benzene ring substituents is 1. The lowest BCUT2D eigenvalue weighted by Crippen LogP contribution is -2.60. The molecule has 0 fully saturated rings. The number of nitro groups is 1. The van der Waals surface area contributed by atoms with Gasteiger partial charge >= 0.3 is 0 Å². The predicted octanol–water partition coefficient (Wildman–Crippen LogP) is 5.04. The topological polar surface area (TPSA) is 122 Å². The zero-order valence-electron chi connectivity index (χ0n) is 22.5. The second kappa shape index (κ2) is 13.5. The van der Waals surface area contributed by atoms with Crippen molar-refractivity contribution >= 4 is 31.8 Å². The van der Waals surface area contributed by atoms with Gasteiger partial charge < -0.3 is 0 Å². The van der Waals surface area contributed by atoms with E-state index in [0.29, 0.717) is 15.3 Å². The van der Waals surface area contributed by atoms with Gasteiger partial charge in [0.2, 0.25) is 0 Å². The summed E-state index contributed by atoms with van der Waals surface area (Å²) in [6, 6.07) is 21.8. The number of rotatable bonds is 12. The van der Waals surface area contributed by atoms with Crippen LogP contribution in [0.3, 0.4) is 0 Å². The van der Waals surface area contributed by atoms with Crippen molar-refractivity contribution in [2.24, 2.45) is 0 Å². The highest BCUT2D eigenvalue weighted by Crippen LogP contribution is 2.45. The minimum absolute atomic E-state index is 0.0964. The Morgan fingerprint density at radius 3 is 1.70 bits per heavy atom. The Morgan fingerprint density at radius 2 is 1.23 bits per heavy atom. The smallest absolute Gasteiger partial charge is 0.258 e. The Labute approximate surface area is 239 Å². The average molecular weight is 582 g/mol. The molecule has 9 heteroatoms.